The molecular weight excluding hydrogens is 254 g/mol. The Kier molecular flexibility index (Phi) is 3.32. The van der Waals surface area contributed by atoms with Crippen LogP contribution in [-0.4, -0.2) is 10.1 Å². The van der Waals surface area contributed by atoms with Crippen molar-refractivity contribution in [1.82, 2.24) is 4.98 Å². The molecule has 0 amide bonds. The van der Waals surface area contributed by atoms with E-state index in [0.717, 1.165) is 21.0 Å². The molecule has 1 heterocycles. The number of hydrogen-bond acceptors (Lipinski definition) is 2. The second kappa shape index (κ2) is 5.11. The highest BCUT2D eigenvalue weighted by atomic mass is 32.2. The van der Waals surface area contributed by atoms with E-state index in [-0.39, 0.29) is 0 Å². The Morgan fingerprint density at radius 1 is 1.05 bits per heavy atom. The van der Waals surface area contributed by atoms with Gasteiger partial charge in [-0.1, -0.05) is 48.2 Å². The topological polar surface area (TPSA) is 36.0 Å². The third kappa shape index (κ3) is 2.53. The number of H-pyrrole nitrogens is 1. The number of fused-ring (bicyclic) bond motifs is 1. The molecule has 2 nitrogen and oxygen atoms in total. The maximum atomic E-state index is 9.80. The van der Waals surface area contributed by atoms with Gasteiger partial charge in [0.2, 0.25) is 0 Å². The van der Waals surface area contributed by atoms with Gasteiger partial charge in [-0.3, -0.25) is 0 Å². The minimum Gasteiger partial charge on any atom is -0.389 e. The van der Waals surface area contributed by atoms with Gasteiger partial charge in [-0.15, -0.1) is 0 Å². The van der Waals surface area contributed by atoms with Crippen LogP contribution in [0, 0.1) is 0 Å². The lowest BCUT2D eigenvalue weighted by molar-refractivity contribution is 0.196. The third-order valence-corrected chi connectivity index (χ3v) is 4.13. The van der Waals surface area contributed by atoms with Gasteiger partial charge in [0.15, 0.2) is 0 Å². The summed E-state index contributed by atoms with van der Waals surface area (Å²) in [4.78, 5) is 4.48. The Morgan fingerprint density at radius 3 is 2.58 bits per heavy atom. The second-order valence-electron chi connectivity index (χ2n) is 4.54. The molecule has 0 radical (unpaired) electrons. The molecule has 3 rings (SSSR count). The van der Waals surface area contributed by atoms with Crippen LogP contribution >= 0.6 is 11.8 Å². The Balaban J connectivity index is 1.97. The standard InChI is InChI=1S/C16H15NOS/c1-11(18)13-7-3-5-9-15(13)19-16-10-12-6-2-4-8-14(12)17-16/h2-11,17-18H,1H3. The maximum Gasteiger partial charge on any atom is 0.0781 e. The number of benzene rings is 2. The first-order chi connectivity index (χ1) is 9.24. The van der Waals surface area contributed by atoms with E-state index in [2.05, 4.69) is 23.2 Å². The lowest BCUT2D eigenvalue weighted by Crippen LogP contribution is -1.93. The third-order valence-electron chi connectivity index (χ3n) is 3.09. The molecule has 1 unspecified atom stereocenters. The van der Waals surface area contributed by atoms with E-state index in [9.17, 15) is 5.11 Å². The van der Waals surface area contributed by atoms with E-state index in [4.69, 9.17) is 0 Å². The maximum absolute atomic E-state index is 9.80. The van der Waals surface area contributed by atoms with Gasteiger partial charge >= 0.3 is 0 Å². The predicted molar refractivity (Wildman–Crippen MR) is 79.5 cm³/mol. The van der Waals surface area contributed by atoms with Crippen LogP contribution in [0.1, 0.15) is 18.6 Å². The molecular formula is C16H15NOS. The van der Waals surface area contributed by atoms with Crippen LogP contribution in [0.15, 0.2) is 64.5 Å². The molecule has 0 saturated carbocycles. The lowest BCUT2D eigenvalue weighted by Gasteiger charge is -2.10. The van der Waals surface area contributed by atoms with Gasteiger partial charge < -0.3 is 10.1 Å². The summed E-state index contributed by atoms with van der Waals surface area (Å²) in [6.45, 7) is 1.80. The van der Waals surface area contributed by atoms with E-state index in [1.807, 2.05) is 36.4 Å². The minimum atomic E-state index is -0.451. The Hall–Kier alpha value is -1.71. The zero-order valence-electron chi connectivity index (χ0n) is 10.6. The number of para-hydroxylation sites is 1. The van der Waals surface area contributed by atoms with E-state index in [1.54, 1.807) is 18.7 Å². The van der Waals surface area contributed by atoms with Gasteiger partial charge in [0.05, 0.1) is 11.1 Å². The fourth-order valence-corrected chi connectivity index (χ4v) is 3.23. The SMILES string of the molecule is CC(O)c1ccccc1Sc1cc2ccccc2[nH]1. The summed E-state index contributed by atoms with van der Waals surface area (Å²) in [6, 6.07) is 18.3. The Bertz CT molecular complexity index is 670. The number of aliphatic hydroxyl groups is 1. The van der Waals surface area contributed by atoms with Crippen molar-refractivity contribution in [3.63, 3.8) is 0 Å². The number of aliphatic hydroxyl groups excluding tert-OH is 1. The zero-order valence-corrected chi connectivity index (χ0v) is 11.4. The van der Waals surface area contributed by atoms with Crippen LogP contribution < -0.4 is 0 Å². The average molecular weight is 269 g/mol. The molecule has 0 aliphatic heterocycles. The molecule has 2 aromatic carbocycles. The second-order valence-corrected chi connectivity index (χ2v) is 5.62. The molecule has 19 heavy (non-hydrogen) atoms. The molecule has 96 valence electrons. The van der Waals surface area contributed by atoms with E-state index in [0.29, 0.717) is 0 Å². The first-order valence-electron chi connectivity index (χ1n) is 6.26. The monoisotopic (exact) mass is 269 g/mol. The fraction of sp³-hybridized carbons (Fsp3) is 0.125. The van der Waals surface area contributed by atoms with Crippen molar-refractivity contribution in [2.24, 2.45) is 0 Å². The number of nitrogens with one attached hydrogen (secondary N) is 1. The van der Waals surface area contributed by atoms with Gasteiger partial charge in [-0.2, -0.15) is 0 Å². The summed E-state index contributed by atoms with van der Waals surface area (Å²) in [6.07, 6.45) is -0.451. The normalized spacial score (nSPS) is 12.7. The number of rotatable bonds is 3. The molecule has 3 heteroatoms. The fourth-order valence-electron chi connectivity index (χ4n) is 2.14. The van der Waals surface area contributed by atoms with Gasteiger partial charge in [0.25, 0.3) is 0 Å². The number of aromatic nitrogens is 1. The van der Waals surface area contributed by atoms with Crippen molar-refractivity contribution < 1.29 is 5.11 Å². The molecule has 1 atom stereocenters. The Labute approximate surface area is 116 Å². The number of aromatic amines is 1. The smallest absolute Gasteiger partial charge is 0.0781 e. The molecule has 2 N–H and O–H groups in total. The molecule has 0 saturated heterocycles. The van der Waals surface area contributed by atoms with E-state index >= 15 is 0 Å². The van der Waals surface area contributed by atoms with Crippen LogP contribution in [0.2, 0.25) is 0 Å². The van der Waals surface area contributed by atoms with Crippen molar-refractivity contribution in [3.8, 4) is 0 Å². The first kappa shape index (κ1) is 12.3. The Morgan fingerprint density at radius 2 is 1.79 bits per heavy atom. The number of hydrogen-bond donors (Lipinski definition) is 2. The molecule has 1 aromatic heterocycles. The summed E-state index contributed by atoms with van der Waals surface area (Å²) in [5, 5.41) is 12.1. The lowest BCUT2D eigenvalue weighted by atomic mass is 10.1. The van der Waals surface area contributed by atoms with Crippen molar-refractivity contribution >= 4 is 22.7 Å². The van der Waals surface area contributed by atoms with Crippen molar-refractivity contribution in [2.75, 3.05) is 0 Å². The summed E-state index contributed by atoms with van der Waals surface area (Å²) in [7, 11) is 0. The quantitative estimate of drug-likeness (QED) is 0.740. The largest absolute Gasteiger partial charge is 0.389 e. The highest BCUT2D eigenvalue weighted by Crippen LogP contribution is 2.34. The van der Waals surface area contributed by atoms with Gasteiger partial charge in [-0.05, 0) is 30.7 Å². The molecule has 3 aromatic rings. The summed E-state index contributed by atoms with van der Waals surface area (Å²) < 4.78 is 0. The molecule has 0 bridgehead atoms. The van der Waals surface area contributed by atoms with Crippen LogP contribution in [0.5, 0.6) is 0 Å². The van der Waals surface area contributed by atoms with E-state index in [1.165, 1.54) is 5.39 Å². The molecule has 0 spiro atoms. The van der Waals surface area contributed by atoms with E-state index < -0.39 is 6.10 Å². The van der Waals surface area contributed by atoms with Crippen molar-refractivity contribution in [1.29, 1.82) is 0 Å². The highest BCUT2D eigenvalue weighted by Gasteiger charge is 2.09. The summed E-state index contributed by atoms with van der Waals surface area (Å²) in [5.41, 5.74) is 2.10. The van der Waals surface area contributed by atoms with Crippen LogP contribution in [0.25, 0.3) is 10.9 Å². The molecule has 0 aliphatic rings. The van der Waals surface area contributed by atoms with Crippen molar-refractivity contribution in [3.05, 3.63) is 60.2 Å². The summed E-state index contributed by atoms with van der Waals surface area (Å²) in [5.74, 6) is 0. The first-order valence-corrected chi connectivity index (χ1v) is 7.08. The predicted octanol–water partition coefficient (Wildman–Crippen LogP) is 4.37. The van der Waals surface area contributed by atoms with Gasteiger partial charge in [0.1, 0.15) is 0 Å². The zero-order chi connectivity index (χ0) is 13.2. The van der Waals surface area contributed by atoms with Crippen molar-refractivity contribution in [2.45, 2.75) is 22.9 Å². The van der Waals surface area contributed by atoms with Crippen LogP contribution in [0.4, 0.5) is 0 Å². The summed E-state index contributed by atoms with van der Waals surface area (Å²) >= 11 is 1.65. The average Bonchev–Trinajstić information content (AvgIpc) is 2.81. The van der Waals surface area contributed by atoms with Crippen LogP contribution in [-0.2, 0) is 0 Å². The molecule has 0 fully saturated rings. The van der Waals surface area contributed by atoms with Gasteiger partial charge in [0, 0.05) is 15.8 Å². The minimum absolute atomic E-state index is 0.451. The highest BCUT2D eigenvalue weighted by molar-refractivity contribution is 7.99. The van der Waals surface area contributed by atoms with Crippen LogP contribution in [0.3, 0.4) is 0 Å². The molecule has 0 aliphatic carbocycles. The van der Waals surface area contributed by atoms with Gasteiger partial charge in [-0.25, -0.2) is 0 Å².